The van der Waals surface area contributed by atoms with E-state index in [1.165, 1.54) is 0 Å². The summed E-state index contributed by atoms with van der Waals surface area (Å²) in [5.41, 5.74) is 5.75. The van der Waals surface area contributed by atoms with Gasteiger partial charge in [0.25, 0.3) is 0 Å². The van der Waals surface area contributed by atoms with E-state index in [1.807, 2.05) is 18.2 Å². The van der Waals surface area contributed by atoms with E-state index in [4.69, 9.17) is 21.1 Å². The predicted octanol–water partition coefficient (Wildman–Crippen LogP) is -1.41. The van der Waals surface area contributed by atoms with Gasteiger partial charge >= 0.3 is 0 Å². The van der Waals surface area contributed by atoms with Crippen molar-refractivity contribution in [3.63, 3.8) is 0 Å². The first kappa shape index (κ1) is 16.1. The zero-order valence-corrected chi connectivity index (χ0v) is 10.8. The zero-order chi connectivity index (χ0) is 14.8. The summed E-state index contributed by atoms with van der Waals surface area (Å²) in [4.78, 5) is 3.91. The van der Waals surface area contributed by atoms with Crippen LogP contribution in [0.2, 0.25) is 0 Å². The van der Waals surface area contributed by atoms with Gasteiger partial charge in [-0.25, -0.2) is 0 Å². The van der Waals surface area contributed by atoms with Crippen LogP contribution in [0.4, 0.5) is 0 Å². The minimum Gasteiger partial charge on any atom is -0.394 e. The number of rotatable bonds is 4. The summed E-state index contributed by atoms with van der Waals surface area (Å²) in [5, 5.41) is 36.0. The third kappa shape index (κ3) is 4.94. The van der Waals surface area contributed by atoms with Crippen molar-refractivity contribution in [1.29, 1.82) is 0 Å². The molecule has 2 heterocycles. The number of aromatic nitrogens is 4. The van der Waals surface area contributed by atoms with Gasteiger partial charge in [-0.1, -0.05) is 0 Å². The lowest BCUT2D eigenvalue weighted by Crippen LogP contribution is -2.50. The summed E-state index contributed by atoms with van der Waals surface area (Å²) in [6.45, 7) is -1.21. The molecule has 0 radical (unpaired) electrons. The molecule has 8 nitrogen and oxygen atoms in total. The van der Waals surface area contributed by atoms with Crippen molar-refractivity contribution in [2.75, 3.05) is 19.8 Å². The van der Waals surface area contributed by atoms with Gasteiger partial charge in [-0.3, -0.25) is 4.98 Å². The number of nitrogens with two attached hydrogens (primary N) is 1. The van der Waals surface area contributed by atoms with Crippen LogP contribution < -0.4 is 5.73 Å². The van der Waals surface area contributed by atoms with Gasteiger partial charge in [-0.05, 0) is 23.4 Å². The third-order valence-electron chi connectivity index (χ3n) is 2.42. The summed E-state index contributed by atoms with van der Waals surface area (Å²) in [5.74, 6) is 0. The second-order valence-corrected chi connectivity index (χ2v) is 4.08. The molecule has 0 unspecified atom stereocenters. The van der Waals surface area contributed by atoms with Crippen molar-refractivity contribution in [3.05, 3.63) is 36.8 Å². The SMILES string of the molecule is NC(CO)(CO)CO.c1cc(-c2ccnnn2)ccn1. The average Bonchev–Trinajstić information content (AvgIpc) is 2.56. The van der Waals surface area contributed by atoms with Crippen molar-refractivity contribution < 1.29 is 15.3 Å². The van der Waals surface area contributed by atoms with Crippen molar-refractivity contribution in [1.82, 2.24) is 20.4 Å². The van der Waals surface area contributed by atoms with Gasteiger partial charge in [0.2, 0.25) is 0 Å². The number of hydrogen-bond donors (Lipinski definition) is 4. The van der Waals surface area contributed by atoms with Crippen LogP contribution in [-0.2, 0) is 0 Å². The zero-order valence-electron chi connectivity index (χ0n) is 10.8. The molecule has 0 aliphatic heterocycles. The van der Waals surface area contributed by atoms with Crippen LogP contribution in [0, 0.1) is 0 Å². The normalized spacial score (nSPS) is 10.6. The first-order chi connectivity index (χ1) is 9.65. The smallest absolute Gasteiger partial charge is 0.0964 e. The first-order valence-electron chi connectivity index (χ1n) is 5.81. The summed E-state index contributed by atoms with van der Waals surface area (Å²) in [6.07, 6.45) is 5.05. The van der Waals surface area contributed by atoms with Gasteiger partial charge in [0, 0.05) is 18.0 Å². The molecule has 0 bridgehead atoms. The maximum atomic E-state index is 8.34. The molecule has 2 rings (SSSR count). The molecule has 8 heteroatoms. The van der Waals surface area contributed by atoms with E-state index < -0.39 is 25.4 Å². The number of aliphatic hydroxyl groups is 3. The lowest BCUT2D eigenvalue weighted by molar-refractivity contribution is 0.0698. The van der Waals surface area contributed by atoms with Crippen LogP contribution in [0.3, 0.4) is 0 Å². The van der Waals surface area contributed by atoms with Gasteiger partial charge in [-0.15, -0.1) is 10.2 Å². The highest BCUT2D eigenvalue weighted by molar-refractivity contribution is 5.56. The Morgan fingerprint density at radius 2 is 1.55 bits per heavy atom. The molecule has 108 valence electrons. The largest absolute Gasteiger partial charge is 0.394 e. The molecule has 20 heavy (non-hydrogen) atoms. The molecule has 0 fully saturated rings. The van der Waals surface area contributed by atoms with Crippen LogP contribution in [0.15, 0.2) is 36.8 Å². The molecular formula is C12H17N5O3. The summed E-state index contributed by atoms with van der Waals surface area (Å²) in [6, 6.07) is 5.57. The highest BCUT2D eigenvalue weighted by atomic mass is 16.3. The Morgan fingerprint density at radius 3 is 1.95 bits per heavy atom. The van der Waals surface area contributed by atoms with Crippen LogP contribution >= 0.6 is 0 Å². The Labute approximate surface area is 115 Å². The molecule has 0 aliphatic rings. The fourth-order valence-corrected chi connectivity index (χ4v) is 1.07. The third-order valence-corrected chi connectivity index (χ3v) is 2.42. The van der Waals surface area contributed by atoms with E-state index >= 15 is 0 Å². The van der Waals surface area contributed by atoms with E-state index in [0.717, 1.165) is 11.3 Å². The quantitative estimate of drug-likeness (QED) is 0.535. The number of pyridine rings is 1. The molecule has 0 aromatic carbocycles. The molecule has 0 saturated heterocycles. The molecule has 2 aromatic rings. The van der Waals surface area contributed by atoms with Gasteiger partial charge in [0.15, 0.2) is 0 Å². The fraction of sp³-hybridized carbons (Fsp3) is 0.333. The molecule has 0 spiro atoms. The number of aliphatic hydroxyl groups excluding tert-OH is 3. The molecular weight excluding hydrogens is 262 g/mol. The molecule has 0 amide bonds. The Kier molecular flexibility index (Phi) is 6.60. The number of nitrogens with zero attached hydrogens (tertiary/aromatic N) is 4. The summed E-state index contributed by atoms with van der Waals surface area (Å²) >= 11 is 0. The first-order valence-corrected chi connectivity index (χ1v) is 5.81. The van der Waals surface area contributed by atoms with E-state index in [9.17, 15) is 0 Å². The molecule has 0 atom stereocenters. The van der Waals surface area contributed by atoms with Gasteiger partial charge < -0.3 is 21.1 Å². The predicted molar refractivity (Wildman–Crippen MR) is 71.2 cm³/mol. The second kappa shape index (κ2) is 8.23. The Bertz CT molecular complexity index is 433. The summed E-state index contributed by atoms with van der Waals surface area (Å²) in [7, 11) is 0. The monoisotopic (exact) mass is 279 g/mol. The number of hydrogen-bond acceptors (Lipinski definition) is 8. The van der Waals surface area contributed by atoms with Crippen molar-refractivity contribution in [3.8, 4) is 11.3 Å². The van der Waals surface area contributed by atoms with E-state index in [2.05, 4.69) is 20.4 Å². The van der Waals surface area contributed by atoms with E-state index in [0.29, 0.717) is 0 Å². The highest BCUT2D eigenvalue weighted by Crippen LogP contribution is 2.12. The van der Waals surface area contributed by atoms with Crippen molar-refractivity contribution in [2.45, 2.75) is 5.54 Å². The Balaban J connectivity index is 0.000000221. The summed E-state index contributed by atoms with van der Waals surface area (Å²) < 4.78 is 0. The Hall–Kier alpha value is -2.00. The molecule has 5 N–H and O–H groups in total. The van der Waals surface area contributed by atoms with Gasteiger partial charge in [0.1, 0.15) is 0 Å². The second-order valence-electron chi connectivity index (χ2n) is 4.08. The molecule has 0 saturated carbocycles. The maximum absolute atomic E-state index is 8.34. The standard InChI is InChI=1S/C8H6N4.C4H11NO3/c1-4-9-5-2-7(1)8-3-6-10-12-11-8;5-4(1-6,2-7)3-8/h1-6H;6-8H,1-3,5H2. The average molecular weight is 279 g/mol. The van der Waals surface area contributed by atoms with Crippen LogP contribution in [-0.4, -0.2) is 61.1 Å². The molecule has 0 aliphatic carbocycles. The maximum Gasteiger partial charge on any atom is 0.0964 e. The van der Waals surface area contributed by atoms with Crippen molar-refractivity contribution in [2.24, 2.45) is 5.73 Å². The molecule has 2 aromatic heterocycles. The van der Waals surface area contributed by atoms with Gasteiger partial charge in [-0.2, -0.15) is 0 Å². The van der Waals surface area contributed by atoms with Crippen LogP contribution in [0.1, 0.15) is 0 Å². The Morgan fingerprint density at radius 1 is 0.950 bits per heavy atom. The topological polar surface area (TPSA) is 138 Å². The fourth-order valence-electron chi connectivity index (χ4n) is 1.07. The van der Waals surface area contributed by atoms with Gasteiger partial charge in [0.05, 0.1) is 37.3 Å². The lowest BCUT2D eigenvalue weighted by atomic mass is 10.1. The van der Waals surface area contributed by atoms with E-state index in [-0.39, 0.29) is 0 Å². The lowest BCUT2D eigenvalue weighted by Gasteiger charge is -2.20. The minimum atomic E-state index is -1.21. The highest BCUT2D eigenvalue weighted by Gasteiger charge is 2.20. The van der Waals surface area contributed by atoms with E-state index in [1.54, 1.807) is 18.6 Å². The minimum absolute atomic E-state index is 0.403. The van der Waals surface area contributed by atoms with Crippen LogP contribution in [0.25, 0.3) is 11.3 Å². The van der Waals surface area contributed by atoms with Crippen LogP contribution in [0.5, 0.6) is 0 Å². The van der Waals surface area contributed by atoms with Crippen molar-refractivity contribution >= 4 is 0 Å².